The van der Waals surface area contributed by atoms with Gasteiger partial charge in [0, 0.05) is 38.1 Å². The third kappa shape index (κ3) is 4.60. The molecule has 1 amide bonds. The Balaban J connectivity index is 1.66. The first kappa shape index (κ1) is 22.6. The van der Waals surface area contributed by atoms with E-state index in [1.807, 2.05) is 32.0 Å². The summed E-state index contributed by atoms with van der Waals surface area (Å²) >= 11 is 9.82. The summed E-state index contributed by atoms with van der Waals surface area (Å²) in [5.74, 6) is -0.682. The Kier molecular flexibility index (Phi) is 6.16. The van der Waals surface area contributed by atoms with Crippen LogP contribution in [0.25, 0.3) is 10.9 Å². The minimum Gasteiger partial charge on any atom is -0.358 e. The topological polar surface area (TPSA) is 79.0 Å². The summed E-state index contributed by atoms with van der Waals surface area (Å²) in [6.45, 7) is 3.83. The fourth-order valence-electron chi connectivity index (χ4n) is 3.56. The number of fused-ring (bicyclic) bond motifs is 1. The first-order chi connectivity index (χ1) is 15.1. The molecule has 0 fully saturated rings. The number of rotatable bonds is 5. The van der Waals surface area contributed by atoms with Crippen LogP contribution in [0.15, 0.2) is 70.0 Å². The molecular formula is C24H20BrClN2O3S. The Morgan fingerprint density at radius 3 is 2.44 bits per heavy atom. The van der Waals surface area contributed by atoms with Gasteiger partial charge in [-0.15, -0.1) is 0 Å². The van der Waals surface area contributed by atoms with E-state index in [-0.39, 0.29) is 10.5 Å². The molecule has 0 radical (unpaired) electrons. The summed E-state index contributed by atoms with van der Waals surface area (Å²) in [7, 11) is -3.97. The number of hydrogen-bond acceptors (Lipinski definition) is 3. The van der Waals surface area contributed by atoms with E-state index in [0.29, 0.717) is 11.4 Å². The fourth-order valence-corrected chi connectivity index (χ4v) is 5.28. The van der Waals surface area contributed by atoms with Crippen LogP contribution in [0.1, 0.15) is 32.7 Å². The Morgan fingerprint density at radius 1 is 1.03 bits per heavy atom. The molecule has 0 bridgehead atoms. The average Bonchev–Trinajstić information content (AvgIpc) is 3.04. The molecule has 0 atom stereocenters. The smallest absolute Gasteiger partial charge is 0.265 e. The quantitative estimate of drug-likeness (QED) is 0.336. The Bertz CT molecular complexity index is 1440. The first-order valence-electron chi connectivity index (χ1n) is 9.83. The van der Waals surface area contributed by atoms with Gasteiger partial charge in [-0.05, 0) is 67.4 Å². The lowest BCUT2D eigenvalue weighted by Gasteiger charge is -2.09. The number of carbonyl (C=O) groups is 1. The number of carbonyl (C=O) groups excluding carboxylic acids is 1. The number of hydrogen-bond donors (Lipinski definition) is 2. The predicted molar refractivity (Wildman–Crippen MR) is 131 cm³/mol. The van der Waals surface area contributed by atoms with Gasteiger partial charge in [0.15, 0.2) is 0 Å². The van der Waals surface area contributed by atoms with E-state index in [1.54, 1.807) is 30.3 Å². The highest BCUT2D eigenvalue weighted by atomic mass is 79.9. The molecule has 0 unspecified atom stereocenters. The van der Waals surface area contributed by atoms with E-state index in [1.165, 1.54) is 12.1 Å². The van der Waals surface area contributed by atoms with Crippen LogP contribution in [0.4, 0.5) is 0 Å². The van der Waals surface area contributed by atoms with Crippen LogP contribution in [0, 0.1) is 13.8 Å². The number of aromatic nitrogens is 1. The maximum Gasteiger partial charge on any atom is 0.265 e. The zero-order chi connectivity index (χ0) is 23.0. The van der Waals surface area contributed by atoms with Gasteiger partial charge in [0.2, 0.25) is 0 Å². The zero-order valence-corrected chi connectivity index (χ0v) is 20.5. The van der Waals surface area contributed by atoms with Crippen LogP contribution in [0.5, 0.6) is 0 Å². The summed E-state index contributed by atoms with van der Waals surface area (Å²) in [4.78, 5) is 16.1. The molecule has 0 spiro atoms. The molecule has 4 aromatic rings. The number of aromatic amines is 1. The van der Waals surface area contributed by atoms with Crippen molar-refractivity contribution >= 4 is 54.4 Å². The summed E-state index contributed by atoms with van der Waals surface area (Å²) in [6.07, 6.45) is 0.574. The number of aryl methyl sites for hydroxylation is 2. The molecule has 0 aliphatic heterocycles. The highest BCUT2D eigenvalue weighted by Gasteiger charge is 2.20. The van der Waals surface area contributed by atoms with Gasteiger partial charge in [-0.2, -0.15) is 0 Å². The fraction of sp³-hybridized carbons (Fsp3) is 0.125. The second-order valence-corrected chi connectivity index (χ2v) is 10.7. The van der Waals surface area contributed by atoms with Crippen LogP contribution in [0.3, 0.4) is 0 Å². The number of H-pyrrole nitrogens is 1. The number of sulfonamides is 1. The SMILES string of the molecule is Cc1ccc(S(=O)(=O)NC(=O)c2ccc3[nH]c(C)c(Cc4ccc(Br)cc4Cl)c3c2)cc1. The third-order valence-corrected chi connectivity index (χ3v) is 7.51. The van der Waals surface area contributed by atoms with Crippen LogP contribution in [-0.4, -0.2) is 19.3 Å². The second kappa shape index (κ2) is 8.73. The lowest BCUT2D eigenvalue weighted by atomic mass is 10.0. The minimum absolute atomic E-state index is 0.0422. The van der Waals surface area contributed by atoms with Crippen molar-refractivity contribution in [2.75, 3.05) is 0 Å². The number of amides is 1. The normalized spacial score (nSPS) is 11.6. The van der Waals surface area contributed by atoms with Crippen molar-refractivity contribution < 1.29 is 13.2 Å². The van der Waals surface area contributed by atoms with E-state index in [0.717, 1.165) is 37.8 Å². The standard InChI is InChI=1S/C24H20BrClN2O3S/c1-14-3-8-19(9-4-14)32(30,31)28-24(29)17-6-10-23-21(12-17)20(15(2)27-23)11-16-5-7-18(25)13-22(16)26/h3-10,12-13,27H,11H2,1-2H3,(H,28,29). The van der Waals surface area contributed by atoms with Crippen molar-refractivity contribution in [2.24, 2.45) is 0 Å². The van der Waals surface area contributed by atoms with Crippen LogP contribution in [-0.2, 0) is 16.4 Å². The number of benzene rings is 3. The van der Waals surface area contributed by atoms with E-state index in [2.05, 4.69) is 25.6 Å². The molecule has 0 saturated carbocycles. The zero-order valence-electron chi connectivity index (χ0n) is 17.4. The van der Waals surface area contributed by atoms with E-state index in [4.69, 9.17) is 11.6 Å². The lowest BCUT2D eigenvalue weighted by Crippen LogP contribution is -2.30. The average molecular weight is 532 g/mol. The molecule has 164 valence electrons. The van der Waals surface area contributed by atoms with Gasteiger partial charge < -0.3 is 4.98 Å². The molecule has 5 nitrogen and oxygen atoms in total. The largest absolute Gasteiger partial charge is 0.358 e. The van der Waals surface area contributed by atoms with Crippen molar-refractivity contribution in [3.8, 4) is 0 Å². The van der Waals surface area contributed by atoms with Gasteiger partial charge in [-0.25, -0.2) is 13.1 Å². The van der Waals surface area contributed by atoms with Crippen molar-refractivity contribution in [3.63, 3.8) is 0 Å². The maximum absolute atomic E-state index is 12.8. The molecule has 0 aliphatic rings. The van der Waals surface area contributed by atoms with Gasteiger partial charge in [0.25, 0.3) is 15.9 Å². The molecule has 0 aliphatic carbocycles. The van der Waals surface area contributed by atoms with Crippen LogP contribution in [0.2, 0.25) is 5.02 Å². The highest BCUT2D eigenvalue weighted by molar-refractivity contribution is 9.10. The van der Waals surface area contributed by atoms with Crippen LogP contribution < -0.4 is 4.72 Å². The van der Waals surface area contributed by atoms with Crippen molar-refractivity contribution in [2.45, 2.75) is 25.2 Å². The molecule has 32 heavy (non-hydrogen) atoms. The van der Waals surface area contributed by atoms with Crippen molar-refractivity contribution in [1.29, 1.82) is 0 Å². The predicted octanol–water partition coefficient (Wildman–Crippen LogP) is 5.91. The van der Waals surface area contributed by atoms with Gasteiger partial charge in [0.05, 0.1) is 4.90 Å². The highest BCUT2D eigenvalue weighted by Crippen LogP contribution is 2.29. The molecule has 0 saturated heterocycles. The monoisotopic (exact) mass is 530 g/mol. The molecule has 3 aromatic carbocycles. The number of halogens is 2. The Labute approximate surface area is 200 Å². The second-order valence-electron chi connectivity index (χ2n) is 7.65. The molecule has 1 aromatic heterocycles. The molecule has 2 N–H and O–H groups in total. The maximum atomic E-state index is 12.8. The Hall–Kier alpha value is -2.61. The lowest BCUT2D eigenvalue weighted by molar-refractivity contribution is 0.0981. The first-order valence-corrected chi connectivity index (χ1v) is 12.5. The van der Waals surface area contributed by atoms with Crippen molar-refractivity contribution in [1.82, 2.24) is 9.71 Å². The minimum atomic E-state index is -3.97. The van der Waals surface area contributed by atoms with Gasteiger partial charge >= 0.3 is 0 Å². The molecule has 8 heteroatoms. The molecule has 4 rings (SSSR count). The summed E-state index contributed by atoms with van der Waals surface area (Å²) in [5.41, 5.74) is 4.97. The van der Waals surface area contributed by atoms with E-state index < -0.39 is 15.9 Å². The Morgan fingerprint density at radius 2 is 1.75 bits per heavy atom. The van der Waals surface area contributed by atoms with E-state index in [9.17, 15) is 13.2 Å². The van der Waals surface area contributed by atoms with Gasteiger partial charge in [-0.3, -0.25) is 4.79 Å². The van der Waals surface area contributed by atoms with Crippen LogP contribution >= 0.6 is 27.5 Å². The molecule has 1 heterocycles. The summed E-state index contributed by atoms with van der Waals surface area (Å²) in [6, 6.07) is 17.2. The third-order valence-electron chi connectivity index (χ3n) is 5.32. The van der Waals surface area contributed by atoms with Crippen molar-refractivity contribution in [3.05, 3.63) is 98.1 Å². The molecular weight excluding hydrogens is 512 g/mol. The van der Waals surface area contributed by atoms with E-state index >= 15 is 0 Å². The number of nitrogens with one attached hydrogen (secondary N) is 2. The van der Waals surface area contributed by atoms with Gasteiger partial charge in [0.1, 0.15) is 0 Å². The summed E-state index contributed by atoms with van der Waals surface area (Å²) in [5, 5.41) is 1.49. The van der Waals surface area contributed by atoms with Gasteiger partial charge in [-0.1, -0.05) is 51.3 Å². The summed E-state index contributed by atoms with van der Waals surface area (Å²) < 4.78 is 28.3.